The van der Waals surface area contributed by atoms with Gasteiger partial charge in [-0.25, -0.2) is 0 Å². The fraction of sp³-hybridized carbons (Fsp3) is 0.238. The van der Waals surface area contributed by atoms with Gasteiger partial charge in [-0.15, -0.1) is 0 Å². The number of rotatable bonds is 7. The van der Waals surface area contributed by atoms with E-state index in [1.807, 2.05) is 12.1 Å². The average Bonchev–Trinajstić information content (AvgIpc) is 2.73. The largest absolute Gasteiger partial charge is 0.493 e. The molecule has 0 saturated carbocycles. The molecule has 152 valence electrons. The number of alkyl halides is 2. The first-order chi connectivity index (χ1) is 14.0. The summed E-state index contributed by atoms with van der Waals surface area (Å²) in [7, 11) is 1.36. The standard InChI is InChI=1S/C21H20F2N2O3S/c1-27-19-13-14(4-10-18(19)28-20(22)23)3-9-17(26)15-5-7-16(8-6-15)25-21-24-11-2-12-29-21/h3-10,13,20H,2,11-12H2,1H3,(H,24,25). The lowest BCUT2D eigenvalue weighted by Crippen LogP contribution is -2.13. The Labute approximate surface area is 171 Å². The number of benzene rings is 2. The molecule has 3 rings (SSSR count). The van der Waals surface area contributed by atoms with E-state index in [-0.39, 0.29) is 17.3 Å². The van der Waals surface area contributed by atoms with Crippen LogP contribution in [0.5, 0.6) is 11.5 Å². The van der Waals surface area contributed by atoms with Crippen LogP contribution in [0.3, 0.4) is 0 Å². The van der Waals surface area contributed by atoms with E-state index in [2.05, 4.69) is 15.0 Å². The average molecular weight is 418 g/mol. The van der Waals surface area contributed by atoms with Gasteiger partial charge in [0.05, 0.1) is 7.11 Å². The van der Waals surface area contributed by atoms with Crippen LogP contribution in [0.15, 0.2) is 53.5 Å². The van der Waals surface area contributed by atoms with Crippen LogP contribution in [0.4, 0.5) is 14.5 Å². The summed E-state index contributed by atoms with van der Waals surface area (Å²) in [6.07, 6.45) is 4.10. The molecule has 29 heavy (non-hydrogen) atoms. The number of methoxy groups -OCH3 is 1. The van der Waals surface area contributed by atoms with Gasteiger partial charge >= 0.3 is 6.61 Å². The summed E-state index contributed by atoms with van der Waals surface area (Å²) in [6.45, 7) is -2.11. The maximum Gasteiger partial charge on any atom is 0.387 e. The first kappa shape index (κ1) is 20.9. The zero-order chi connectivity index (χ0) is 20.6. The molecule has 1 N–H and O–H groups in total. The van der Waals surface area contributed by atoms with Crippen molar-refractivity contribution in [1.29, 1.82) is 0 Å². The van der Waals surface area contributed by atoms with Gasteiger partial charge in [0.1, 0.15) is 0 Å². The van der Waals surface area contributed by atoms with Crippen molar-refractivity contribution in [3.8, 4) is 11.5 Å². The number of ketones is 1. The summed E-state index contributed by atoms with van der Waals surface area (Å²) in [6, 6.07) is 11.6. The molecule has 0 spiro atoms. The number of hydrogen-bond acceptors (Lipinski definition) is 6. The van der Waals surface area contributed by atoms with E-state index >= 15 is 0 Å². The van der Waals surface area contributed by atoms with Crippen LogP contribution in [-0.4, -0.2) is 37.0 Å². The van der Waals surface area contributed by atoms with Crippen LogP contribution in [0.25, 0.3) is 6.08 Å². The molecule has 0 bridgehead atoms. The number of hydrogen-bond donors (Lipinski definition) is 1. The van der Waals surface area contributed by atoms with Gasteiger partial charge in [-0.3, -0.25) is 9.79 Å². The van der Waals surface area contributed by atoms with Crippen LogP contribution in [0.2, 0.25) is 0 Å². The molecule has 0 unspecified atom stereocenters. The zero-order valence-electron chi connectivity index (χ0n) is 15.7. The van der Waals surface area contributed by atoms with E-state index in [9.17, 15) is 13.6 Å². The first-order valence-corrected chi connectivity index (χ1v) is 9.93. The van der Waals surface area contributed by atoms with Crippen molar-refractivity contribution >= 4 is 34.5 Å². The van der Waals surface area contributed by atoms with E-state index in [1.165, 1.54) is 25.3 Å². The Morgan fingerprint density at radius 2 is 2.00 bits per heavy atom. The topological polar surface area (TPSA) is 59.9 Å². The zero-order valence-corrected chi connectivity index (χ0v) is 16.5. The molecule has 1 aliphatic heterocycles. The Morgan fingerprint density at radius 3 is 2.66 bits per heavy atom. The van der Waals surface area contributed by atoms with E-state index in [0.29, 0.717) is 11.1 Å². The van der Waals surface area contributed by atoms with Crippen molar-refractivity contribution in [1.82, 2.24) is 0 Å². The van der Waals surface area contributed by atoms with Gasteiger partial charge in [0.25, 0.3) is 0 Å². The molecule has 2 aromatic carbocycles. The third-order valence-corrected chi connectivity index (χ3v) is 5.05. The highest BCUT2D eigenvalue weighted by Gasteiger charge is 2.11. The molecule has 2 aromatic rings. The van der Waals surface area contributed by atoms with Crippen molar-refractivity contribution in [2.45, 2.75) is 13.0 Å². The highest BCUT2D eigenvalue weighted by Crippen LogP contribution is 2.30. The van der Waals surface area contributed by atoms with Crippen LogP contribution < -0.4 is 14.8 Å². The molecular formula is C21H20F2N2O3S. The normalized spacial score (nSPS) is 14.0. The smallest absolute Gasteiger partial charge is 0.387 e. The van der Waals surface area contributed by atoms with E-state index in [0.717, 1.165) is 29.6 Å². The van der Waals surface area contributed by atoms with Gasteiger partial charge in [0.15, 0.2) is 22.4 Å². The summed E-state index contributed by atoms with van der Waals surface area (Å²) >= 11 is 1.68. The second kappa shape index (κ2) is 10.1. The number of nitrogens with zero attached hydrogens (tertiary/aromatic N) is 1. The SMILES string of the molecule is COc1cc(C=CC(=O)c2ccc(NC3=NCCCS3)cc2)ccc1OC(F)F. The number of carbonyl (C=O) groups is 1. The summed E-state index contributed by atoms with van der Waals surface area (Å²) in [5.41, 5.74) is 2.04. The van der Waals surface area contributed by atoms with Crippen LogP contribution in [0, 0.1) is 0 Å². The molecule has 0 aliphatic carbocycles. The van der Waals surface area contributed by atoms with Crippen molar-refractivity contribution in [3.05, 3.63) is 59.7 Å². The molecule has 5 nitrogen and oxygen atoms in total. The summed E-state index contributed by atoms with van der Waals surface area (Å²) < 4.78 is 34.2. The van der Waals surface area contributed by atoms with Crippen molar-refractivity contribution in [3.63, 3.8) is 0 Å². The quantitative estimate of drug-likeness (QED) is 0.501. The summed E-state index contributed by atoms with van der Waals surface area (Å²) in [4.78, 5) is 16.8. The molecule has 1 heterocycles. The van der Waals surface area contributed by atoms with E-state index in [1.54, 1.807) is 36.0 Å². The third-order valence-electron chi connectivity index (χ3n) is 4.05. The van der Waals surface area contributed by atoms with Gasteiger partial charge in [-0.05, 0) is 54.5 Å². The molecule has 0 radical (unpaired) electrons. The predicted octanol–water partition coefficient (Wildman–Crippen LogP) is 5.10. The Morgan fingerprint density at radius 1 is 1.21 bits per heavy atom. The molecular weight excluding hydrogens is 398 g/mol. The lowest BCUT2D eigenvalue weighted by Gasteiger charge is -2.13. The fourth-order valence-electron chi connectivity index (χ4n) is 2.63. The van der Waals surface area contributed by atoms with Crippen LogP contribution in [-0.2, 0) is 0 Å². The van der Waals surface area contributed by atoms with Gasteiger partial charge in [-0.2, -0.15) is 8.78 Å². The lowest BCUT2D eigenvalue weighted by molar-refractivity contribution is -0.0512. The second-order valence-electron chi connectivity index (χ2n) is 6.08. The van der Waals surface area contributed by atoms with Crippen molar-refractivity contribution < 1.29 is 23.0 Å². The number of ether oxygens (including phenoxy) is 2. The first-order valence-electron chi connectivity index (χ1n) is 8.95. The van der Waals surface area contributed by atoms with Gasteiger partial charge in [0, 0.05) is 23.5 Å². The number of anilines is 1. The Bertz CT molecular complexity index is 915. The molecule has 1 aliphatic rings. The molecule has 0 amide bonds. The number of carbonyl (C=O) groups excluding carboxylic acids is 1. The highest BCUT2D eigenvalue weighted by molar-refractivity contribution is 8.14. The summed E-state index contributed by atoms with van der Waals surface area (Å²) in [5, 5.41) is 4.13. The molecule has 8 heteroatoms. The van der Waals surface area contributed by atoms with Gasteiger partial charge < -0.3 is 14.8 Å². The summed E-state index contributed by atoms with van der Waals surface area (Å²) in [5.74, 6) is 0.981. The number of allylic oxidation sites excluding steroid dienone is 1. The van der Waals surface area contributed by atoms with E-state index in [4.69, 9.17) is 4.74 Å². The van der Waals surface area contributed by atoms with Crippen molar-refractivity contribution in [2.75, 3.05) is 24.7 Å². The molecule has 0 fully saturated rings. The maximum atomic E-state index is 12.4. The monoisotopic (exact) mass is 418 g/mol. The Balaban J connectivity index is 1.64. The molecule has 0 aromatic heterocycles. The van der Waals surface area contributed by atoms with Crippen LogP contribution >= 0.6 is 11.8 Å². The number of aliphatic imine (C=N–C) groups is 1. The highest BCUT2D eigenvalue weighted by atomic mass is 32.2. The molecule has 0 atom stereocenters. The Kier molecular flexibility index (Phi) is 7.24. The minimum absolute atomic E-state index is 0.0604. The number of thioether (sulfide) groups is 1. The number of halogens is 2. The van der Waals surface area contributed by atoms with Crippen LogP contribution in [0.1, 0.15) is 22.3 Å². The number of nitrogens with one attached hydrogen (secondary N) is 1. The number of amidine groups is 1. The lowest BCUT2D eigenvalue weighted by atomic mass is 10.1. The molecule has 0 saturated heterocycles. The maximum absolute atomic E-state index is 12.4. The van der Waals surface area contributed by atoms with Crippen molar-refractivity contribution in [2.24, 2.45) is 4.99 Å². The second-order valence-corrected chi connectivity index (χ2v) is 7.16. The fourth-order valence-corrected chi connectivity index (χ4v) is 3.47. The van der Waals surface area contributed by atoms with Gasteiger partial charge in [0.2, 0.25) is 0 Å². The van der Waals surface area contributed by atoms with Gasteiger partial charge in [-0.1, -0.05) is 23.9 Å². The minimum atomic E-state index is -2.94. The Hall–Kier alpha value is -2.87. The third kappa shape index (κ3) is 6.05. The minimum Gasteiger partial charge on any atom is -0.493 e. The van der Waals surface area contributed by atoms with E-state index < -0.39 is 6.61 Å². The predicted molar refractivity (Wildman–Crippen MR) is 112 cm³/mol.